The molecule has 0 unspecified atom stereocenters. The van der Waals surface area contributed by atoms with Crippen molar-refractivity contribution < 1.29 is 0 Å². The Morgan fingerprint density at radius 2 is 0.768 bits per heavy atom. The van der Waals surface area contributed by atoms with Crippen molar-refractivity contribution in [3.8, 4) is 51.0 Å². The van der Waals surface area contributed by atoms with E-state index in [1.165, 1.54) is 57.3 Å². The number of fused-ring (bicyclic) bond motifs is 6. The maximum Gasteiger partial charge on any atom is 0.179 e. The number of thiophene rings is 1. The van der Waals surface area contributed by atoms with Gasteiger partial charge in [0.2, 0.25) is 0 Å². The van der Waals surface area contributed by atoms with Crippen LogP contribution in [0.2, 0.25) is 0 Å². The van der Waals surface area contributed by atoms with Crippen LogP contribution in [0.25, 0.3) is 93.0 Å². The summed E-state index contributed by atoms with van der Waals surface area (Å²) in [6, 6.07) is 92.0. The van der Waals surface area contributed by atoms with E-state index >= 15 is 0 Å². The lowest BCUT2D eigenvalue weighted by Gasteiger charge is -2.34. The van der Waals surface area contributed by atoms with Crippen LogP contribution in [0.1, 0.15) is 0 Å². The van der Waals surface area contributed by atoms with Gasteiger partial charge in [0.15, 0.2) is 25.5 Å². The SMILES string of the molecule is c1ccc([Si](c2ccccc2)(c2ccccc2)c2ccc(-c3nc(-c4cccc(-c5cccc6c5sc5ccccc56)c4)nc(-c4cccc(-n5c6ccccc6c6ccccc65)c4)n3)cc2)cc1. The Morgan fingerprint density at radius 3 is 1.38 bits per heavy atom. The minimum Gasteiger partial charge on any atom is -0.309 e. The van der Waals surface area contributed by atoms with Crippen molar-refractivity contribution in [2.45, 2.75) is 0 Å². The standard InChI is InChI=1S/C63H42N4SSi/c1-4-23-48(24-5-1)69(49-25-6-2-7-26-49,50-27-8-3-9-28-50)51-39-37-43(38-40-51)61-64-62(45-20-16-19-44(41-45)52-32-18-33-56-55-31-12-15-36-59(55)68-60(52)56)66-63(65-61)46-21-17-22-47(42-46)67-57-34-13-10-29-53(57)54-30-11-14-35-58(54)67/h1-42H. The van der Waals surface area contributed by atoms with Gasteiger partial charge >= 0.3 is 0 Å². The average Bonchev–Trinajstić information content (AvgIpc) is 3.98. The molecule has 3 aromatic heterocycles. The van der Waals surface area contributed by atoms with Crippen molar-refractivity contribution in [2.75, 3.05) is 0 Å². The smallest absolute Gasteiger partial charge is 0.179 e. The number of benzene rings is 10. The van der Waals surface area contributed by atoms with Gasteiger partial charge in [0.25, 0.3) is 0 Å². The molecule has 10 aromatic carbocycles. The molecule has 0 radical (unpaired) electrons. The summed E-state index contributed by atoms with van der Waals surface area (Å²) in [4.78, 5) is 16.0. The molecule has 0 saturated carbocycles. The van der Waals surface area contributed by atoms with E-state index < -0.39 is 8.07 Å². The lowest BCUT2D eigenvalue weighted by Crippen LogP contribution is -2.74. The first-order valence-electron chi connectivity index (χ1n) is 23.3. The molecule has 0 aliphatic heterocycles. The van der Waals surface area contributed by atoms with Crippen LogP contribution in [0.3, 0.4) is 0 Å². The molecule has 0 bridgehead atoms. The Kier molecular flexibility index (Phi) is 10.00. The molecule has 0 aliphatic rings. The van der Waals surface area contributed by atoms with E-state index in [1.54, 1.807) is 0 Å². The normalized spacial score (nSPS) is 11.8. The molecule has 6 heteroatoms. The molecule has 69 heavy (non-hydrogen) atoms. The van der Waals surface area contributed by atoms with Crippen LogP contribution >= 0.6 is 11.3 Å². The van der Waals surface area contributed by atoms with Gasteiger partial charge in [-0.1, -0.05) is 218 Å². The van der Waals surface area contributed by atoms with E-state index in [2.05, 4.69) is 259 Å². The lowest BCUT2D eigenvalue weighted by atomic mass is 10.0. The number of nitrogens with zero attached hydrogens (tertiary/aromatic N) is 4. The maximum absolute atomic E-state index is 5.34. The van der Waals surface area contributed by atoms with Crippen molar-refractivity contribution in [3.63, 3.8) is 0 Å². The van der Waals surface area contributed by atoms with Gasteiger partial charge in [0.05, 0.1) is 11.0 Å². The zero-order valence-electron chi connectivity index (χ0n) is 37.4. The highest BCUT2D eigenvalue weighted by Crippen LogP contribution is 2.41. The first kappa shape index (κ1) is 40.7. The summed E-state index contributed by atoms with van der Waals surface area (Å²) in [6.07, 6.45) is 0. The molecule has 0 fully saturated rings. The van der Waals surface area contributed by atoms with Crippen molar-refractivity contribution in [3.05, 3.63) is 255 Å². The van der Waals surface area contributed by atoms with Crippen molar-refractivity contribution >= 4 is 82.1 Å². The van der Waals surface area contributed by atoms with Crippen LogP contribution in [-0.2, 0) is 0 Å². The second-order valence-electron chi connectivity index (χ2n) is 17.5. The third-order valence-electron chi connectivity index (χ3n) is 13.6. The van der Waals surface area contributed by atoms with Gasteiger partial charge in [0, 0.05) is 53.3 Å². The Bertz CT molecular complexity index is 3860. The van der Waals surface area contributed by atoms with Crippen LogP contribution in [0.15, 0.2) is 255 Å². The maximum atomic E-state index is 5.34. The molecule has 13 aromatic rings. The summed E-state index contributed by atoms with van der Waals surface area (Å²) in [5.41, 5.74) is 8.42. The molecule has 0 saturated heterocycles. The molecular formula is C63H42N4SSi. The third kappa shape index (κ3) is 6.91. The fraction of sp³-hybridized carbons (Fsp3) is 0. The molecule has 0 amide bonds. The Morgan fingerprint density at radius 1 is 0.319 bits per heavy atom. The highest BCUT2D eigenvalue weighted by atomic mass is 32.1. The van der Waals surface area contributed by atoms with E-state index in [9.17, 15) is 0 Å². The number of aromatic nitrogens is 4. The molecule has 0 atom stereocenters. The fourth-order valence-electron chi connectivity index (χ4n) is 10.5. The highest BCUT2D eigenvalue weighted by molar-refractivity contribution is 7.26. The van der Waals surface area contributed by atoms with E-state index in [4.69, 9.17) is 15.0 Å². The molecule has 0 aliphatic carbocycles. The first-order chi connectivity index (χ1) is 34.2. The highest BCUT2D eigenvalue weighted by Gasteiger charge is 2.41. The largest absolute Gasteiger partial charge is 0.309 e. The number of hydrogen-bond donors (Lipinski definition) is 0. The quantitative estimate of drug-likeness (QED) is 0.107. The Balaban J connectivity index is 0.988. The lowest BCUT2D eigenvalue weighted by molar-refractivity contribution is 1.07. The van der Waals surface area contributed by atoms with Crippen LogP contribution in [0.5, 0.6) is 0 Å². The van der Waals surface area contributed by atoms with Gasteiger partial charge < -0.3 is 4.57 Å². The predicted molar refractivity (Wildman–Crippen MR) is 292 cm³/mol. The van der Waals surface area contributed by atoms with Crippen molar-refractivity contribution in [1.29, 1.82) is 0 Å². The minimum absolute atomic E-state index is 0.611. The summed E-state index contributed by atoms with van der Waals surface area (Å²) < 4.78 is 4.90. The average molecular weight is 915 g/mol. The third-order valence-corrected chi connectivity index (χ3v) is 19.6. The van der Waals surface area contributed by atoms with E-state index in [0.29, 0.717) is 17.5 Å². The zero-order valence-corrected chi connectivity index (χ0v) is 39.3. The summed E-state index contributed by atoms with van der Waals surface area (Å²) in [5.74, 6) is 1.85. The number of rotatable bonds is 9. The second kappa shape index (κ2) is 17.0. The van der Waals surface area contributed by atoms with Crippen LogP contribution in [-0.4, -0.2) is 27.6 Å². The summed E-state index contributed by atoms with van der Waals surface area (Å²) >= 11 is 1.84. The fourth-order valence-corrected chi connectivity index (χ4v) is 16.5. The minimum atomic E-state index is -2.75. The van der Waals surface area contributed by atoms with Crippen molar-refractivity contribution in [2.24, 2.45) is 0 Å². The molecule has 0 spiro atoms. The zero-order chi connectivity index (χ0) is 45.7. The van der Waals surface area contributed by atoms with E-state index in [-0.39, 0.29) is 0 Å². The second-order valence-corrected chi connectivity index (χ2v) is 22.4. The topological polar surface area (TPSA) is 43.6 Å². The van der Waals surface area contributed by atoms with E-state index in [0.717, 1.165) is 39.0 Å². The summed E-state index contributed by atoms with van der Waals surface area (Å²) in [7, 11) is -2.75. The predicted octanol–water partition coefficient (Wildman–Crippen LogP) is 13.4. The number of para-hydroxylation sites is 2. The van der Waals surface area contributed by atoms with Crippen molar-refractivity contribution in [1.82, 2.24) is 19.5 Å². The number of hydrogen-bond acceptors (Lipinski definition) is 4. The van der Waals surface area contributed by atoms with Gasteiger partial charge in [-0.25, -0.2) is 15.0 Å². The van der Waals surface area contributed by atoms with Crippen LogP contribution < -0.4 is 20.7 Å². The van der Waals surface area contributed by atoms with Gasteiger partial charge in [-0.05, 0) is 68.3 Å². The Labute approximate surface area is 405 Å². The molecular weight excluding hydrogens is 873 g/mol. The molecule has 13 rings (SSSR count). The van der Waals surface area contributed by atoms with Gasteiger partial charge in [0.1, 0.15) is 0 Å². The van der Waals surface area contributed by atoms with Gasteiger partial charge in [-0.15, -0.1) is 11.3 Å². The van der Waals surface area contributed by atoms with E-state index in [1.807, 2.05) is 11.3 Å². The molecule has 3 heterocycles. The summed E-state index contributed by atoms with van der Waals surface area (Å²) in [6.45, 7) is 0. The summed E-state index contributed by atoms with van der Waals surface area (Å²) in [5, 5.41) is 10.3. The van der Waals surface area contributed by atoms with Gasteiger partial charge in [-0.2, -0.15) is 0 Å². The molecule has 0 N–H and O–H groups in total. The monoisotopic (exact) mass is 914 g/mol. The first-order valence-corrected chi connectivity index (χ1v) is 26.2. The van der Waals surface area contributed by atoms with Crippen LogP contribution in [0, 0.1) is 0 Å². The molecule has 324 valence electrons. The molecule has 4 nitrogen and oxygen atoms in total. The van der Waals surface area contributed by atoms with Crippen LogP contribution in [0.4, 0.5) is 0 Å². The van der Waals surface area contributed by atoms with Gasteiger partial charge in [-0.3, -0.25) is 0 Å². The Hall–Kier alpha value is -8.55.